The van der Waals surface area contributed by atoms with Crippen LogP contribution in [0.2, 0.25) is 0 Å². The molecule has 0 amide bonds. The molecule has 18 heavy (non-hydrogen) atoms. The zero-order chi connectivity index (χ0) is 13.1. The van der Waals surface area contributed by atoms with Crippen molar-refractivity contribution >= 4 is 0 Å². The zero-order valence-electron chi connectivity index (χ0n) is 13.1. The molecule has 0 N–H and O–H groups in total. The Bertz CT molecular complexity index is 214. The van der Waals surface area contributed by atoms with E-state index in [1.54, 1.807) is 25.7 Å². The minimum atomic E-state index is 0.914. The van der Waals surface area contributed by atoms with Crippen molar-refractivity contribution in [1.82, 2.24) is 0 Å². The largest absolute Gasteiger partial charge is 0.0625 e. The number of rotatable bonds is 3. The molecule has 0 saturated heterocycles. The van der Waals surface area contributed by atoms with Crippen LogP contribution in [0.15, 0.2) is 0 Å². The Morgan fingerprint density at radius 2 is 1.00 bits per heavy atom. The van der Waals surface area contributed by atoms with Crippen LogP contribution in [0.25, 0.3) is 0 Å². The summed E-state index contributed by atoms with van der Waals surface area (Å²) in [6.45, 7) is 9.74. The first kappa shape index (κ1) is 14.4. The van der Waals surface area contributed by atoms with E-state index in [9.17, 15) is 0 Å². The maximum atomic E-state index is 2.44. The quantitative estimate of drug-likeness (QED) is 0.584. The van der Waals surface area contributed by atoms with E-state index in [2.05, 4.69) is 27.7 Å². The summed E-state index contributed by atoms with van der Waals surface area (Å²) in [6, 6.07) is 0. The first-order valence-corrected chi connectivity index (χ1v) is 8.58. The third-order valence-electron chi connectivity index (χ3n) is 6.06. The molecule has 0 aromatic carbocycles. The lowest BCUT2D eigenvalue weighted by Gasteiger charge is -2.41. The van der Waals surface area contributed by atoms with Crippen molar-refractivity contribution in [2.24, 2.45) is 35.5 Å². The van der Waals surface area contributed by atoms with Crippen LogP contribution in [0.5, 0.6) is 0 Å². The van der Waals surface area contributed by atoms with E-state index >= 15 is 0 Å². The molecule has 4 atom stereocenters. The van der Waals surface area contributed by atoms with Crippen molar-refractivity contribution in [2.45, 2.75) is 79.1 Å². The normalized spacial score (nSPS) is 38.3. The highest BCUT2D eigenvalue weighted by Gasteiger charge is 2.33. The fourth-order valence-corrected chi connectivity index (χ4v) is 4.60. The van der Waals surface area contributed by atoms with E-state index in [4.69, 9.17) is 0 Å². The monoisotopic (exact) mass is 250 g/mol. The highest BCUT2D eigenvalue weighted by atomic mass is 14.4. The van der Waals surface area contributed by atoms with Gasteiger partial charge in [0.05, 0.1) is 0 Å². The number of hydrogen-bond acceptors (Lipinski definition) is 0. The van der Waals surface area contributed by atoms with Crippen LogP contribution < -0.4 is 0 Å². The second-order valence-electron chi connectivity index (χ2n) is 7.86. The topological polar surface area (TPSA) is 0 Å². The van der Waals surface area contributed by atoms with Crippen LogP contribution >= 0.6 is 0 Å². The van der Waals surface area contributed by atoms with Gasteiger partial charge in [-0.15, -0.1) is 0 Å². The van der Waals surface area contributed by atoms with Gasteiger partial charge in [-0.3, -0.25) is 0 Å². The smallest absolute Gasteiger partial charge is 0.0383 e. The van der Waals surface area contributed by atoms with E-state index in [0.717, 1.165) is 35.5 Å². The van der Waals surface area contributed by atoms with Crippen molar-refractivity contribution in [3.8, 4) is 0 Å². The fourth-order valence-electron chi connectivity index (χ4n) is 4.60. The van der Waals surface area contributed by atoms with Gasteiger partial charge in [0.2, 0.25) is 0 Å². The third kappa shape index (κ3) is 3.52. The van der Waals surface area contributed by atoms with Crippen LogP contribution in [-0.2, 0) is 0 Å². The highest BCUT2D eigenvalue weighted by molar-refractivity contribution is 4.84. The lowest BCUT2D eigenvalue weighted by Crippen LogP contribution is -2.30. The maximum absolute atomic E-state index is 2.44. The summed E-state index contributed by atoms with van der Waals surface area (Å²) < 4.78 is 0. The Kier molecular flexibility index (Phi) is 5.15. The molecule has 0 heteroatoms. The molecule has 0 aliphatic heterocycles. The number of hydrogen-bond donors (Lipinski definition) is 0. The first-order chi connectivity index (χ1) is 8.58. The second-order valence-corrected chi connectivity index (χ2v) is 7.86. The van der Waals surface area contributed by atoms with Crippen LogP contribution in [0.4, 0.5) is 0 Å². The molecule has 0 aromatic heterocycles. The standard InChI is InChI=1S/C18H34/c1-13(2)15-7-5-9-17(11-15)18-10-6-8-16(12-18)14(3)4/h13-18H,5-12H2,1-4H3. The summed E-state index contributed by atoms with van der Waals surface area (Å²) in [5, 5.41) is 0. The van der Waals surface area contributed by atoms with E-state index < -0.39 is 0 Å². The molecule has 2 fully saturated rings. The van der Waals surface area contributed by atoms with Crippen LogP contribution in [0.1, 0.15) is 79.1 Å². The fraction of sp³-hybridized carbons (Fsp3) is 1.00. The van der Waals surface area contributed by atoms with Crippen LogP contribution in [0.3, 0.4) is 0 Å². The Morgan fingerprint density at radius 3 is 1.33 bits per heavy atom. The summed E-state index contributed by atoms with van der Waals surface area (Å²) in [4.78, 5) is 0. The van der Waals surface area contributed by atoms with Gasteiger partial charge in [0.15, 0.2) is 0 Å². The first-order valence-electron chi connectivity index (χ1n) is 8.58. The van der Waals surface area contributed by atoms with Gasteiger partial charge in [-0.25, -0.2) is 0 Å². The molecule has 2 saturated carbocycles. The van der Waals surface area contributed by atoms with Crippen LogP contribution in [-0.4, -0.2) is 0 Å². The van der Waals surface area contributed by atoms with Crippen molar-refractivity contribution in [3.05, 3.63) is 0 Å². The van der Waals surface area contributed by atoms with E-state index in [0.29, 0.717) is 0 Å². The van der Waals surface area contributed by atoms with Gasteiger partial charge < -0.3 is 0 Å². The molecular weight excluding hydrogens is 216 g/mol. The van der Waals surface area contributed by atoms with Gasteiger partial charge in [-0.1, -0.05) is 66.2 Å². The summed E-state index contributed by atoms with van der Waals surface area (Å²) in [5.41, 5.74) is 0. The molecule has 0 heterocycles. The predicted octanol–water partition coefficient (Wildman–Crippen LogP) is 5.91. The Balaban J connectivity index is 1.90. The lowest BCUT2D eigenvalue weighted by atomic mass is 9.65. The summed E-state index contributed by atoms with van der Waals surface area (Å²) in [5.74, 6) is 6.04. The Hall–Kier alpha value is 0. The predicted molar refractivity (Wildman–Crippen MR) is 80.6 cm³/mol. The van der Waals surface area contributed by atoms with Gasteiger partial charge in [0.1, 0.15) is 0 Å². The van der Waals surface area contributed by atoms with Crippen molar-refractivity contribution in [2.75, 3.05) is 0 Å². The molecule has 0 radical (unpaired) electrons. The minimum Gasteiger partial charge on any atom is -0.0625 e. The molecule has 2 aliphatic carbocycles. The Labute approximate surface area is 115 Å². The molecule has 106 valence electrons. The Morgan fingerprint density at radius 1 is 0.611 bits per heavy atom. The van der Waals surface area contributed by atoms with Gasteiger partial charge in [-0.05, 0) is 48.3 Å². The van der Waals surface area contributed by atoms with Crippen LogP contribution in [0, 0.1) is 35.5 Å². The molecular formula is C18H34. The maximum Gasteiger partial charge on any atom is -0.0383 e. The summed E-state index contributed by atoms with van der Waals surface area (Å²) >= 11 is 0. The van der Waals surface area contributed by atoms with E-state index in [1.165, 1.54) is 25.7 Å². The van der Waals surface area contributed by atoms with Gasteiger partial charge >= 0.3 is 0 Å². The minimum absolute atomic E-state index is 0.914. The zero-order valence-corrected chi connectivity index (χ0v) is 13.1. The van der Waals surface area contributed by atoms with Crippen molar-refractivity contribution < 1.29 is 0 Å². The van der Waals surface area contributed by atoms with E-state index in [1.807, 2.05) is 0 Å². The average Bonchev–Trinajstić information content (AvgIpc) is 2.39. The molecule has 0 aromatic rings. The summed E-state index contributed by atoms with van der Waals surface area (Å²) in [6.07, 6.45) is 12.2. The third-order valence-corrected chi connectivity index (χ3v) is 6.06. The molecule has 0 spiro atoms. The second kappa shape index (κ2) is 6.44. The van der Waals surface area contributed by atoms with Gasteiger partial charge in [-0.2, -0.15) is 0 Å². The molecule has 2 aliphatic rings. The molecule has 0 nitrogen and oxygen atoms in total. The lowest BCUT2D eigenvalue weighted by molar-refractivity contribution is 0.104. The van der Waals surface area contributed by atoms with Crippen molar-refractivity contribution in [1.29, 1.82) is 0 Å². The highest BCUT2D eigenvalue weighted by Crippen LogP contribution is 2.44. The summed E-state index contributed by atoms with van der Waals surface area (Å²) in [7, 11) is 0. The average molecular weight is 250 g/mol. The molecule has 0 bridgehead atoms. The molecule has 2 rings (SSSR count). The SMILES string of the molecule is CC(C)C1CCCC(C2CCCC(C(C)C)C2)C1. The van der Waals surface area contributed by atoms with Crippen molar-refractivity contribution in [3.63, 3.8) is 0 Å². The van der Waals surface area contributed by atoms with Gasteiger partial charge in [0, 0.05) is 0 Å². The van der Waals surface area contributed by atoms with E-state index in [-0.39, 0.29) is 0 Å². The van der Waals surface area contributed by atoms with Gasteiger partial charge in [0.25, 0.3) is 0 Å². The molecule has 4 unspecified atom stereocenters.